The van der Waals surface area contributed by atoms with E-state index in [1.54, 1.807) is 10.4 Å². The second-order valence-corrected chi connectivity index (χ2v) is 11.9. The van der Waals surface area contributed by atoms with E-state index in [1.165, 1.54) is 23.1 Å². The lowest BCUT2D eigenvalue weighted by molar-refractivity contribution is -0.138. The van der Waals surface area contributed by atoms with E-state index < -0.39 is 10.0 Å². The van der Waals surface area contributed by atoms with E-state index in [-0.39, 0.29) is 11.8 Å². The monoisotopic (exact) mass is 466 g/mol. The summed E-state index contributed by atoms with van der Waals surface area (Å²) in [6.45, 7) is 3.55. The lowest BCUT2D eigenvalue weighted by Gasteiger charge is -2.34. The quantitative estimate of drug-likeness (QED) is 0.631. The molecule has 2 fully saturated rings. The van der Waals surface area contributed by atoms with Gasteiger partial charge in [-0.25, -0.2) is 8.42 Å². The smallest absolute Gasteiger partial charge is 0.243 e. The standard InChI is InChI=1S/C27H34N2O3S/c1-20-6-8-21(9-7-20)19-29(25-11-12-25)27(30)23-14-16-28(17-15-23)33(31,32)26-13-10-22-4-2-3-5-24(22)18-26/h6-10,13,18,23,25H,2-5,11-12,14-17,19H2,1H3. The SMILES string of the molecule is Cc1ccc(CN(C(=O)C2CCN(S(=O)(=O)c3ccc4c(c3)CCCC4)CC2)C2CC2)cc1. The Balaban J connectivity index is 1.24. The van der Waals surface area contributed by atoms with Crippen LogP contribution in [0.25, 0.3) is 0 Å². The van der Waals surface area contributed by atoms with Gasteiger partial charge in [0.2, 0.25) is 15.9 Å². The van der Waals surface area contributed by atoms with Crippen molar-refractivity contribution >= 4 is 15.9 Å². The molecular formula is C27H34N2O3S. The highest BCUT2D eigenvalue weighted by Crippen LogP contribution is 2.33. The number of benzene rings is 2. The van der Waals surface area contributed by atoms with Gasteiger partial charge in [-0.15, -0.1) is 0 Å². The van der Waals surface area contributed by atoms with E-state index in [2.05, 4.69) is 31.2 Å². The third kappa shape index (κ3) is 4.87. The molecule has 2 aliphatic carbocycles. The number of carbonyl (C=O) groups is 1. The number of hydrogen-bond donors (Lipinski definition) is 0. The highest BCUT2D eigenvalue weighted by Gasteiger charge is 2.38. The Morgan fingerprint density at radius 3 is 2.27 bits per heavy atom. The Labute approximate surface area is 197 Å². The zero-order valence-corrected chi connectivity index (χ0v) is 20.3. The molecule has 3 aliphatic rings. The number of fused-ring (bicyclic) bond motifs is 1. The van der Waals surface area contributed by atoms with Crippen LogP contribution in [0.2, 0.25) is 0 Å². The van der Waals surface area contributed by atoms with Gasteiger partial charge >= 0.3 is 0 Å². The summed E-state index contributed by atoms with van der Waals surface area (Å²) in [5.74, 6) is 0.106. The molecule has 0 N–H and O–H groups in total. The third-order valence-corrected chi connectivity index (χ3v) is 9.40. The topological polar surface area (TPSA) is 57.7 Å². The number of sulfonamides is 1. The average molecular weight is 467 g/mol. The van der Waals surface area contributed by atoms with Crippen molar-refractivity contribution in [3.8, 4) is 0 Å². The molecule has 0 bridgehead atoms. The molecule has 2 aromatic carbocycles. The Morgan fingerprint density at radius 1 is 0.939 bits per heavy atom. The molecule has 0 aromatic heterocycles. The number of amides is 1. The maximum absolute atomic E-state index is 13.4. The van der Waals surface area contributed by atoms with Crippen LogP contribution in [-0.2, 0) is 34.2 Å². The van der Waals surface area contributed by atoms with Crippen molar-refractivity contribution in [2.45, 2.75) is 75.8 Å². The number of aryl methyl sites for hydroxylation is 3. The molecule has 0 atom stereocenters. The second-order valence-electron chi connectivity index (χ2n) is 10.00. The first-order valence-electron chi connectivity index (χ1n) is 12.4. The van der Waals surface area contributed by atoms with Gasteiger partial charge in [-0.05, 0) is 87.1 Å². The van der Waals surface area contributed by atoms with Crippen LogP contribution in [0.15, 0.2) is 47.4 Å². The van der Waals surface area contributed by atoms with Crippen molar-refractivity contribution < 1.29 is 13.2 Å². The number of piperidine rings is 1. The van der Waals surface area contributed by atoms with Crippen molar-refractivity contribution in [1.29, 1.82) is 0 Å². The van der Waals surface area contributed by atoms with Gasteiger partial charge in [-0.3, -0.25) is 4.79 Å². The van der Waals surface area contributed by atoms with E-state index in [0.717, 1.165) is 37.7 Å². The van der Waals surface area contributed by atoms with Crippen molar-refractivity contribution in [1.82, 2.24) is 9.21 Å². The minimum absolute atomic E-state index is 0.0916. The molecule has 0 unspecified atom stereocenters. The van der Waals surface area contributed by atoms with Gasteiger partial charge in [0.25, 0.3) is 0 Å². The Bertz CT molecular complexity index is 1110. The van der Waals surface area contributed by atoms with Crippen molar-refractivity contribution in [3.05, 3.63) is 64.7 Å². The van der Waals surface area contributed by atoms with Crippen LogP contribution in [-0.4, -0.2) is 42.7 Å². The summed E-state index contributed by atoms with van der Waals surface area (Å²) in [6, 6.07) is 14.4. The van der Waals surface area contributed by atoms with Crippen LogP contribution in [0.1, 0.15) is 60.8 Å². The van der Waals surface area contributed by atoms with Gasteiger partial charge < -0.3 is 4.90 Å². The number of rotatable bonds is 6. The van der Waals surface area contributed by atoms with Gasteiger partial charge in [0.15, 0.2) is 0 Å². The minimum atomic E-state index is -3.51. The zero-order chi connectivity index (χ0) is 23.0. The summed E-state index contributed by atoms with van der Waals surface area (Å²) >= 11 is 0. The third-order valence-electron chi connectivity index (χ3n) is 7.51. The number of hydrogen-bond acceptors (Lipinski definition) is 3. The average Bonchev–Trinajstić information content (AvgIpc) is 3.68. The van der Waals surface area contributed by atoms with Crippen LogP contribution in [0.3, 0.4) is 0 Å². The number of carbonyl (C=O) groups excluding carboxylic acids is 1. The summed E-state index contributed by atoms with van der Waals surface area (Å²) in [6.07, 6.45) is 7.66. The molecule has 1 aliphatic heterocycles. The molecule has 2 aromatic rings. The number of nitrogens with zero attached hydrogens (tertiary/aromatic N) is 2. The van der Waals surface area contributed by atoms with Gasteiger partial charge in [0.05, 0.1) is 4.90 Å². The normalized spacial score (nSPS) is 19.8. The van der Waals surface area contributed by atoms with Crippen LogP contribution in [0, 0.1) is 12.8 Å². The van der Waals surface area contributed by atoms with Gasteiger partial charge in [-0.2, -0.15) is 4.31 Å². The molecule has 0 radical (unpaired) electrons. The summed E-state index contributed by atoms with van der Waals surface area (Å²) in [4.78, 5) is 15.8. The second kappa shape index (κ2) is 9.22. The molecule has 176 valence electrons. The van der Waals surface area contributed by atoms with Crippen LogP contribution < -0.4 is 0 Å². The molecule has 1 saturated heterocycles. The summed E-state index contributed by atoms with van der Waals surface area (Å²) in [5.41, 5.74) is 4.85. The van der Waals surface area contributed by atoms with Gasteiger partial charge in [-0.1, -0.05) is 35.9 Å². The molecule has 1 heterocycles. The van der Waals surface area contributed by atoms with Crippen molar-refractivity contribution in [2.24, 2.45) is 5.92 Å². The van der Waals surface area contributed by atoms with Gasteiger partial charge in [0.1, 0.15) is 0 Å². The summed E-state index contributed by atoms with van der Waals surface area (Å²) in [7, 11) is -3.51. The molecule has 1 amide bonds. The molecule has 5 nitrogen and oxygen atoms in total. The maximum Gasteiger partial charge on any atom is 0.243 e. The fraction of sp³-hybridized carbons (Fsp3) is 0.519. The zero-order valence-electron chi connectivity index (χ0n) is 19.5. The Kier molecular flexibility index (Phi) is 6.32. The predicted octanol–water partition coefficient (Wildman–Crippen LogP) is 4.47. The Morgan fingerprint density at radius 2 is 1.61 bits per heavy atom. The van der Waals surface area contributed by atoms with E-state index in [4.69, 9.17) is 0 Å². The fourth-order valence-corrected chi connectivity index (χ4v) is 6.78. The van der Waals surface area contributed by atoms with Crippen LogP contribution >= 0.6 is 0 Å². The molecule has 0 spiro atoms. The van der Waals surface area contributed by atoms with Crippen molar-refractivity contribution in [3.63, 3.8) is 0 Å². The fourth-order valence-electron chi connectivity index (χ4n) is 5.26. The minimum Gasteiger partial charge on any atom is -0.335 e. The molecule has 5 rings (SSSR count). The molecule has 1 saturated carbocycles. The largest absolute Gasteiger partial charge is 0.335 e. The van der Waals surface area contributed by atoms with E-state index in [1.807, 2.05) is 17.0 Å². The highest BCUT2D eigenvalue weighted by atomic mass is 32.2. The molecule has 6 heteroatoms. The first-order chi connectivity index (χ1) is 15.9. The van der Waals surface area contributed by atoms with E-state index >= 15 is 0 Å². The Hall–Kier alpha value is -2.18. The first kappa shape index (κ1) is 22.6. The van der Waals surface area contributed by atoms with Crippen LogP contribution in [0.4, 0.5) is 0 Å². The summed E-state index contributed by atoms with van der Waals surface area (Å²) < 4.78 is 28.2. The lowest BCUT2D eigenvalue weighted by atomic mass is 9.92. The highest BCUT2D eigenvalue weighted by molar-refractivity contribution is 7.89. The van der Waals surface area contributed by atoms with Crippen molar-refractivity contribution in [2.75, 3.05) is 13.1 Å². The summed E-state index contributed by atoms with van der Waals surface area (Å²) in [5, 5.41) is 0. The molecular weight excluding hydrogens is 432 g/mol. The maximum atomic E-state index is 13.4. The van der Waals surface area contributed by atoms with Gasteiger partial charge in [0, 0.05) is 31.6 Å². The van der Waals surface area contributed by atoms with E-state index in [9.17, 15) is 13.2 Å². The lowest BCUT2D eigenvalue weighted by Crippen LogP contribution is -2.44. The first-order valence-corrected chi connectivity index (χ1v) is 13.8. The molecule has 33 heavy (non-hydrogen) atoms. The van der Waals surface area contributed by atoms with E-state index in [0.29, 0.717) is 43.4 Å². The predicted molar refractivity (Wildman–Crippen MR) is 129 cm³/mol. The van der Waals surface area contributed by atoms with Crippen LogP contribution in [0.5, 0.6) is 0 Å².